The molecule has 1 aliphatic heterocycles. The van der Waals surface area contributed by atoms with E-state index in [1.54, 1.807) is 6.92 Å². The van der Waals surface area contributed by atoms with Crippen LogP contribution in [-0.2, 0) is 14.3 Å². The first-order valence-corrected chi connectivity index (χ1v) is 4.90. The maximum Gasteiger partial charge on any atom is 0.325 e. The minimum atomic E-state index is -0.390. The Kier molecular flexibility index (Phi) is 4.39. The Morgan fingerprint density at radius 1 is 1.57 bits per heavy atom. The molecule has 1 heterocycles. The highest BCUT2D eigenvalue weighted by Crippen LogP contribution is 2.03. The van der Waals surface area contributed by atoms with E-state index < -0.39 is 0 Å². The zero-order valence-electron chi connectivity index (χ0n) is 8.34. The highest BCUT2D eigenvalue weighted by atomic mass is 16.5. The average molecular weight is 200 g/mol. The summed E-state index contributed by atoms with van der Waals surface area (Å²) in [5.41, 5.74) is 0. The summed E-state index contributed by atoms with van der Waals surface area (Å²) in [4.78, 5) is 22.3. The second-order valence-electron chi connectivity index (χ2n) is 3.17. The summed E-state index contributed by atoms with van der Waals surface area (Å²) in [6.07, 6.45) is 1.85. The van der Waals surface area contributed by atoms with Gasteiger partial charge in [-0.05, 0) is 26.3 Å². The van der Waals surface area contributed by atoms with Gasteiger partial charge in [0, 0.05) is 0 Å². The Bertz CT molecular complexity index is 212. The summed E-state index contributed by atoms with van der Waals surface area (Å²) in [6, 6.07) is -0.135. The van der Waals surface area contributed by atoms with Crippen molar-refractivity contribution in [1.82, 2.24) is 10.6 Å². The highest BCUT2D eigenvalue weighted by Gasteiger charge is 2.21. The lowest BCUT2D eigenvalue weighted by atomic mass is 10.2. The zero-order chi connectivity index (χ0) is 10.4. The van der Waals surface area contributed by atoms with E-state index in [4.69, 9.17) is 0 Å². The van der Waals surface area contributed by atoms with Crippen molar-refractivity contribution in [3.8, 4) is 0 Å². The number of hydrogen-bond donors (Lipinski definition) is 2. The molecule has 1 aliphatic rings. The van der Waals surface area contributed by atoms with Crippen LogP contribution in [0.2, 0.25) is 0 Å². The monoisotopic (exact) mass is 200 g/mol. The Morgan fingerprint density at radius 2 is 2.36 bits per heavy atom. The summed E-state index contributed by atoms with van der Waals surface area (Å²) in [5, 5.41) is 5.58. The molecule has 1 saturated heterocycles. The normalized spacial score (nSPS) is 20.5. The van der Waals surface area contributed by atoms with Crippen molar-refractivity contribution in [1.29, 1.82) is 0 Å². The van der Waals surface area contributed by atoms with Crippen molar-refractivity contribution in [2.75, 3.05) is 19.7 Å². The molecule has 1 fully saturated rings. The number of rotatable bonds is 4. The molecule has 5 nitrogen and oxygen atoms in total. The number of hydrogen-bond acceptors (Lipinski definition) is 4. The van der Waals surface area contributed by atoms with Crippen molar-refractivity contribution in [2.45, 2.75) is 25.8 Å². The van der Waals surface area contributed by atoms with Gasteiger partial charge in [0.1, 0.15) is 6.54 Å². The topological polar surface area (TPSA) is 67.4 Å². The summed E-state index contributed by atoms with van der Waals surface area (Å²) in [7, 11) is 0. The molecule has 0 saturated carbocycles. The first kappa shape index (κ1) is 11.0. The van der Waals surface area contributed by atoms with Gasteiger partial charge >= 0.3 is 5.97 Å². The lowest BCUT2D eigenvalue weighted by Crippen LogP contribution is -2.42. The van der Waals surface area contributed by atoms with Gasteiger partial charge in [-0.2, -0.15) is 0 Å². The number of ether oxygens (including phenoxy) is 1. The van der Waals surface area contributed by atoms with Gasteiger partial charge in [-0.25, -0.2) is 0 Å². The van der Waals surface area contributed by atoms with Gasteiger partial charge < -0.3 is 15.4 Å². The van der Waals surface area contributed by atoms with E-state index >= 15 is 0 Å². The Labute approximate surface area is 83.2 Å². The van der Waals surface area contributed by atoms with Gasteiger partial charge in [-0.3, -0.25) is 9.59 Å². The third-order valence-electron chi connectivity index (χ3n) is 2.09. The first-order valence-electron chi connectivity index (χ1n) is 4.90. The van der Waals surface area contributed by atoms with Crippen LogP contribution in [0, 0.1) is 0 Å². The molecular formula is C9H16N2O3. The molecule has 0 unspecified atom stereocenters. The van der Waals surface area contributed by atoms with Gasteiger partial charge in [0.05, 0.1) is 12.6 Å². The van der Waals surface area contributed by atoms with Gasteiger partial charge in [-0.15, -0.1) is 0 Å². The zero-order valence-corrected chi connectivity index (χ0v) is 8.34. The molecular weight excluding hydrogens is 184 g/mol. The van der Waals surface area contributed by atoms with E-state index in [1.165, 1.54) is 0 Å². The molecule has 5 heteroatoms. The molecule has 0 radical (unpaired) electrons. The largest absolute Gasteiger partial charge is 0.465 e. The average Bonchev–Trinajstić information content (AvgIpc) is 2.67. The number of amides is 1. The van der Waals surface area contributed by atoms with Gasteiger partial charge in [-0.1, -0.05) is 0 Å². The molecule has 0 aromatic heterocycles. The third-order valence-corrected chi connectivity index (χ3v) is 2.09. The molecule has 1 atom stereocenters. The number of nitrogens with one attached hydrogen (secondary N) is 2. The van der Waals surface area contributed by atoms with Crippen LogP contribution in [0.1, 0.15) is 19.8 Å². The molecule has 0 bridgehead atoms. The summed E-state index contributed by atoms with van der Waals surface area (Å²) >= 11 is 0. The molecule has 0 aliphatic carbocycles. The fourth-order valence-corrected chi connectivity index (χ4v) is 1.40. The van der Waals surface area contributed by atoms with Crippen LogP contribution >= 0.6 is 0 Å². The molecule has 80 valence electrons. The van der Waals surface area contributed by atoms with Crippen LogP contribution in [0.4, 0.5) is 0 Å². The van der Waals surface area contributed by atoms with E-state index in [0.29, 0.717) is 6.61 Å². The first-order chi connectivity index (χ1) is 6.74. The minimum Gasteiger partial charge on any atom is -0.465 e. The van der Waals surface area contributed by atoms with E-state index in [9.17, 15) is 9.59 Å². The van der Waals surface area contributed by atoms with Gasteiger partial charge in [0.15, 0.2) is 0 Å². The van der Waals surface area contributed by atoms with Crippen LogP contribution in [-0.4, -0.2) is 37.6 Å². The van der Waals surface area contributed by atoms with Crippen LogP contribution in [0.25, 0.3) is 0 Å². The number of carbonyl (C=O) groups is 2. The standard InChI is InChI=1S/C9H16N2O3/c1-2-14-8(12)6-11-9(13)7-4-3-5-10-7/h7,10H,2-6H2,1H3,(H,11,13)/t7-/m0/s1. The highest BCUT2D eigenvalue weighted by molar-refractivity contribution is 5.85. The molecule has 14 heavy (non-hydrogen) atoms. The SMILES string of the molecule is CCOC(=O)CNC(=O)[C@@H]1CCCN1. The predicted molar refractivity (Wildman–Crippen MR) is 50.7 cm³/mol. The maximum absolute atomic E-state index is 11.4. The Morgan fingerprint density at radius 3 is 2.93 bits per heavy atom. The Hall–Kier alpha value is -1.10. The third kappa shape index (κ3) is 3.33. The summed E-state index contributed by atoms with van der Waals surface area (Å²) in [5.74, 6) is -0.505. The molecule has 2 N–H and O–H groups in total. The lowest BCUT2D eigenvalue weighted by molar-refractivity contribution is -0.143. The summed E-state index contributed by atoms with van der Waals surface area (Å²) in [6.45, 7) is 2.91. The Balaban J connectivity index is 2.17. The molecule has 1 rings (SSSR count). The van der Waals surface area contributed by atoms with E-state index in [0.717, 1.165) is 19.4 Å². The number of esters is 1. The fraction of sp³-hybridized carbons (Fsp3) is 0.778. The molecule has 0 aromatic rings. The molecule has 1 amide bonds. The molecule has 0 aromatic carbocycles. The van der Waals surface area contributed by atoms with Crippen molar-refractivity contribution >= 4 is 11.9 Å². The smallest absolute Gasteiger partial charge is 0.325 e. The van der Waals surface area contributed by atoms with Gasteiger partial charge in [0.2, 0.25) is 5.91 Å². The van der Waals surface area contributed by atoms with Crippen molar-refractivity contribution in [3.05, 3.63) is 0 Å². The maximum atomic E-state index is 11.4. The van der Waals surface area contributed by atoms with E-state index in [2.05, 4.69) is 15.4 Å². The van der Waals surface area contributed by atoms with Crippen molar-refractivity contribution in [2.24, 2.45) is 0 Å². The van der Waals surface area contributed by atoms with Crippen molar-refractivity contribution in [3.63, 3.8) is 0 Å². The van der Waals surface area contributed by atoms with E-state index in [1.807, 2.05) is 0 Å². The van der Waals surface area contributed by atoms with Crippen LogP contribution in [0.15, 0.2) is 0 Å². The lowest BCUT2D eigenvalue weighted by Gasteiger charge is -2.10. The van der Waals surface area contributed by atoms with Crippen molar-refractivity contribution < 1.29 is 14.3 Å². The number of carbonyl (C=O) groups excluding carboxylic acids is 2. The predicted octanol–water partition coefficient (Wildman–Crippen LogP) is -0.582. The van der Waals surface area contributed by atoms with Crippen LogP contribution in [0.3, 0.4) is 0 Å². The quantitative estimate of drug-likeness (QED) is 0.596. The van der Waals surface area contributed by atoms with Crippen LogP contribution in [0.5, 0.6) is 0 Å². The summed E-state index contributed by atoms with van der Waals surface area (Å²) < 4.78 is 4.68. The molecule has 0 spiro atoms. The second-order valence-corrected chi connectivity index (χ2v) is 3.17. The second kappa shape index (κ2) is 5.59. The minimum absolute atomic E-state index is 0.0369. The van der Waals surface area contributed by atoms with E-state index in [-0.39, 0.29) is 24.5 Å². The van der Waals surface area contributed by atoms with Gasteiger partial charge in [0.25, 0.3) is 0 Å². The van der Waals surface area contributed by atoms with Crippen LogP contribution < -0.4 is 10.6 Å². The fourth-order valence-electron chi connectivity index (χ4n) is 1.40.